The maximum Gasteiger partial charge on any atom is 0.411 e. The third-order valence-corrected chi connectivity index (χ3v) is 6.16. The Morgan fingerprint density at radius 1 is 1.28 bits per heavy atom. The lowest BCUT2D eigenvalue weighted by Gasteiger charge is -2.38. The van der Waals surface area contributed by atoms with Crippen LogP contribution in [0.2, 0.25) is 0 Å². The average Bonchev–Trinajstić information content (AvgIpc) is 2.88. The van der Waals surface area contributed by atoms with Crippen molar-refractivity contribution in [2.45, 2.75) is 38.8 Å². The summed E-state index contributed by atoms with van der Waals surface area (Å²) in [5, 5.41) is 5.36. The highest BCUT2D eigenvalue weighted by atomic mass is 32.1. The summed E-state index contributed by atoms with van der Waals surface area (Å²) >= 11 is 1.43. The lowest BCUT2D eigenvalue weighted by Crippen LogP contribution is -2.58. The summed E-state index contributed by atoms with van der Waals surface area (Å²) in [4.78, 5) is 26.5. The van der Waals surface area contributed by atoms with Gasteiger partial charge in [0.15, 0.2) is 0 Å². The van der Waals surface area contributed by atoms with Crippen molar-refractivity contribution in [2.24, 2.45) is 7.05 Å². The molecular formula is C21H23FN3O3S+. The number of aromatic nitrogens is 1. The Labute approximate surface area is 171 Å². The van der Waals surface area contributed by atoms with Crippen molar-refractivity contribution in [3.05, 3.63) is 36.1 Å². The molecule has 2 heterocycles. The number of hydrogen-bond donors (Lipinski definition) is 1. The summed E-state index contributed by atoms with van der Waals surface area (Å²) in [7, 11) is 1.87. The molecule has 0 unspecified atom stereocenters. The minimum absolute atomic E-state index is 0.236. The minimum Gasteiger partial charge on any atom is -0.444 e. The molecule has 0 radical (unpaired) electrons. The van der Waals surface area contributed by atoms with Crippen LogP contribution >= 0.6 is 11.3 Å². The number of anilines is 1. The Morgan fingerprint density at radius 3 is 2.69 bits per heavy atom. The summed E-state index contributed by atoms with van der Waals surface area (Å²) < 4.78 is 21.8. The highest BCUT2D eigenvalue weighted by Gasteiger charge is 2.42. The van der Waals surface area contributed by atoms with Crippen LogP contribution in [0.25, 0.3) is 21.0 Å². The van der Waals surface area contributed by atoms with Gasteiger partial charge in [-0.25, -0.2) is 18.5 Å². The summed E-state index contributed by atoms with van der Waals surface area (Å²) in [5.74, 6) is -0.516. The van der Waals surface area contributed by atoms with E-state index < -0.39 is 17.7 Å². The smallest absolute Gasteiger partial charge is 0.411 e. The zero-order valence-corrected chi connectivity index (χ0v) is 17.6. The Morgan fingerprint density at radius 2 is 2.03 bits per heavy atom. The first-order valence-corrected chi connectivity index (χ1v) is 10.3. The monoisotopic (exact) mass is 416 g/mol. The molecule has 152 valence electrons. The van der Waals surface area contributed by atoms with Crippen LogP contribution in [0.15, 0.2) is 30.3 Å². The number of amides is 2. The zero-order valence-electron chi connectivity index (χ0n) is 16.8. The van der Waals surface area contributed by atoms with Crippen molar-refractivity contribution in [3.8, 4) is 0 Å². The predicted molar refractivity (Wildman–Crippen MR) is 110 cm³/mol. The molecule has 3 aromatic rings. The van der Waals surface area contributed by atoms with Crippen LogP contribution in [-0.4, -0.2) is 35.1 Å². The number of thiazole rings is 1. The second-order valence-electron chi connectivity index (χ2n) is 8.21. The fraction of sp³-hybridized carbons (Fsp3) is 0.381. The largest absolute Gasteiger partial charge is 0.444 e. The van der Waals surface area contributed by atoms with Crippen molar-refractivity contribution in [1.82, 2.24) is 4.90 Å². The Balaban J connectivity index is 1.58. The molecule has 0 bridgehead atoms. The molecule has 0 saturated carbocycles. The topological polar surface area (TPSA) is 62.5 Å². The maximum absolute atomic E-state index is 13.5. The van der Waals surface area contributed by atoms with Gasteiger partial charge >= 0.3 is 17.1 Å². The number of likely N-dealkylation sites (tertiary alicyclic amines) is 1. The lowest BCUT2D eigenvalue weighted by atomic mass is 10.0. The number of hydrogen-bond acceptors (Lipinski definition) is 4. The highest BCUT2D eigenvalue weighted by molar-refractivity contribution is 7.22. The van der Waals surface area contributed by atoms with E-state index in [1.807, 2.05) is 23.7 Å². The summed E-state index contributed by atoms with van der Waals surface area (Å²) in [6, 6.07) is 7.94. The van der Waals surface area contributed by atoms with Gasteiger partial charge in [0.1, 0.15) is 23.0 Å². The van der Waals surface area contributed by atoms with Crippen LogP contribution in [0.1, 0.15) is 27.2 Å². The van der Waals surface area contributed by atoms with E-state index >= 15 is 0 Å². The first-order valence-electron chi connectivity index (χ1n) is 9.45. The van der Waals surface area contributed by atoms with E-state index in [1.54, 1.807) is 26.8 Å². The third-order valence-electron chi connectivity index (χ3n) is 4.96. The third kappa shape index (κ3) is 3.64. The number of nitrogens with one attached hydrogen (secondary N) is 1. The van der Waals surface area contributed by atoms with E-state index in [4.69, 9.17) is 4.74 Å². The van der Waals surface area contributed by atoms with Crippen molar-refractivity contribution in [3.63, 3.8) is 0 Å². The van der Waals surface area contributed by atoms with Gasteiger partial charge in [0.05, 0.1) is 11.7 Å². The van der Waals surface area contributed by atoms with Gasteiger partial charge in [-0.05, 0) is 74.2 Å². The quantitative estimate of drug-likeness (QED) is 0.643. The number of rotatable bonds is 2. The molecule has 6 nitrogen and oxygen atoms in total. The molecule has 0 spiro atoms. The number of nitrogens with zero attached hydrogens (tertiary/aromatic N) is 2. The summed E-state index contributed by atoms with van der Waals surface area (Å²) in [5.41, 5.74) is 0.341. The van der Waals surface area contributed by atoms with E-state index in [-0.39, 0.29) is 11.7 Å². The molecule has 1 atom stereocenters. The second-order valence-corrected chi connectivity index (χ2v) is 9.21. The molecule has 1 N–H and O–H groups in total. The first-order chi connectivity index (χ1) is 13.6. The number of aryl methyl sites for hydroxylation is 1. The number of fused-ring (bicyclic) bond motifs is 3. The molecule has 2 aromatic carbocycles. The van der Waals surface area contributed by atoms with E-state index in [1.165, 1.54) is 28.4 Å². The molecule has 2 amide bonds. The van der Waals surface area contributed by atoms with Crippen molar-refractivity contribution < 1.29 is 23.3 Å². The fourth-order valence-corrected chi connectivity index (χ4v) is 4.59. The number of carbonyl (C=O) groups is 2. The van der Waals surface area contributed by atoms with Crippen molar-refractivity contribution in [1.29, 1.82) is 0 Å². The van der Waals surface area contributed by atoms with E-state index in [2.05, 4.69) is 5.32 Å². The molecule has 29 heavy (non-hydrogen) atoms. The number of ether oxygens (including phenoxy) is 1. The molecule has 4 rings (SSSR count). The molecule has 1 fully saturated rings. The first kappa shape index (κ1) is 19.6. The molecule has 1 aliphatic rings. The van der Waals surface area contributed by atoms with Crippen LogP contribution < -0.4 is 9.88 Å². The van der Waals surface area contributed by atoms with E-state index in [0.29, 0.717) is 18.1 Å². The molecule has 1 aromatic heterocycles. The molecule has 1 aliphatic heterocycles. The van der Waals surface area contributed by atoms with Gasteiger partial charge in [0.25, 0.3) is 0 Å². The Hall–Kier alpha value is -2.74. The number of carbonyl (C=O) groups excluding carboxylic acids is 2. The van der Waals surface area contributed by atoms with Gasteiger partial charge < -0.3 is 4.74 Å². The molecular weight excluding hydrogens is 393 g/mol. The minimum atomic E-state index is -0.605. The zero-order chi connectivity index (χ0) is 20.9. The molecule has 0 aliphatic carbocycles. The molecule has 1 saturated heterocycles. The van der Waals surface area contributed by atoms with Gasteiger partial charge in [0, 0.05) is 11.9 Å². The highest BCUT2D eigenvalue weighted by Crippen LogP contribution is 2.32. The van der Waals surface area contributed by atoms with Gasteiger partial charge in [-0.15, -0.1) is 0 Å². The Kier molecular flexibility index (Phi) is 4.69. The normalized spacial score (nSPS) is 16.7. The van der Waals surface area contributed by atoms with Crippen LogP contribution in [-0.2, 0) is 16.6 Å². The molecule has 8 heteroatoms. The number of benzene rings is 2. The van der Waals surface area contributed by atoms with E-state index in [0.717, 1.165) is 21.0 Å². The SMILES string of the molecule is C[n+]1c(NC(=O)[C@H]2CCN2C(=O)OC(C)(C)C)sc2c3ccc(F)cc3ccc21. The van der Waals surface area contributed by atoms with Crippen LogP contribution in [0.3, 0.4) is 0 Å². The second kappa shape index (κ2) is 6.95. The van der Waals surface area contributed by atoms with Crippen molar-refractivity contribution >= 4 is 49.5 Å². The van der Waals surface area contributed by atoms with Crippen LogP contribution in [0.5, 0.6) is 0 Å². The van der Waals surface area contributed by atoms with Gasteiger partial charge in [-0.1, -0.05) is 0 Å². The maximum atomic E-state index is 13.5. The van der Waals surface area contributed by atoms with Gasteiger partial charge in [0.2, 0.25) is 0 Å². The van der Waals surface area contributed by atoms with Crippen LogP contribution in [0.4, 0.5) is 14.3 Å². The van der Waals surface area contributed by atoms with Gasteiger partial charge in [-0.2, -0.15) is 5.32 Å². The average molecular weight is 416 g/mol. The standard InChI is InChI=1S/C21H22FN3O3S/c1-21(2,3)28-20(27)25-10-9-16(25)18(26)23-19-24(4)15-8-5-12-11-13(22)6-7-14(12)17(15)29-19/h5-8,11,16H,9-10H2,1-4H3/p+1/t16-/m1/s1. The summed E-state index contributed by atoms with van der Waals surface area (Å²) in [6.45, 7) is 5.90. The summed E-state index contributed by atoms with van der Waals surface area (Å²) in [6.07, 6.45) is 0.125. The fourth-order valence-electron chi connectivity index (χ4n) is 3.40. The number of halogens is 1. The van der Waals surface area contributed by atoms with Gasteiger partial charge in [-0.3, -0.25) is 4.90 Å². The predicted octanol–water partition coefficient (Wildman–Crippen LogP) is 3.97. The van der Waals surface area contributed by atoms with E-state index in [9.17, 15) is 14.0 Å². The van der Waals surface area contributed by atoms with Crippen molar-refractivity contribution in [2.75, 3.05) is 11.9 Å². The Bertz CT molecular complexity index is 1140. The van der Waals surface area contributed by atoms with Crippen LogP contribution in [0, 0.1) is 5.82 Å². The lowest BCUT2D eigenvalue weighted by molar-refractivity contribution is -0.626.